The number of nitrogens with one attached hydrogen (secondary N) is 2. The number of halogens is 2. The van der Waals surface area contributed by atoms with E-state index in [2.05, 4.69) is 21.7 Å². The number of nitrogens with zero attached hydrogens (tertiary/aromatic N) is 2. The third kappa shape index (κ3) is 4.31. The van der Waals surface area contributed by atoms with Gasteiger partial charge in [0.1, 0.15) is 5.82 Å². The second-order valence-corrected chi connectivity index (χ2v) is 6.15. The zero-order valence-electron chi connectivity index (χ0n) is 13.3. The molecule has 0 fully saturated rings. The summed E-state index contributed by atoms with van der Waals surface area (Å²) in [5.41, 5.74) is 2.25. The van der Waals surface area contributed by atoms with E-state index >= 15 is 0 Å². The lowest BCUT2D eigenvalue weighted by atomic mass is 10.2. The van der Waals surface area contributed by atoms with Crippen molar-refractivity contribution in [3.8, 4) is 6.07 Å². The molecule has 3 aromatic rings. The minimum Gasteiger partial charge on any atom is -0.340 e. The molecule has 0 spiro atoms. The number of aromatic nitrogens is 1. The van der Waals surface area contributed by atoms with Gasteiger partial charge in [-0.25, -0.2) is 4.98 Å². The summed E-state index contributed by atoms with van der Waals surface area (Å²) >= 11 is 11.8. The van der Waals surface area contributed by atoms with E-state index in [9.17, 15) is 4.79 Å². The van der Waals surface area contributed by atoms with Crippen LogP contribution >= 0.6 is 23.2 Å². The Morgan fingerprint density at radius 3 is 2.54 bits per heavy atom. The average Bonchev–Trinajstić information content (AvgIpc) is 2.65. The number of rotatable bonds is 4. The lowest BCUT2D eigenvalue weighted by Crippen LogP contribution is -2.12. The molecular formula is C19H12Cl2N4O. The zero-order valence-corrected chi connectivity index (χ0v) is 14.8. The molecule has 0 aliphatic carbocycles. The van der Waals surface area contributed by atoms with Crippen molar-refractivity contribution in [3.63, 3.8) is 0 Å². The normalized spacial score (nSPS) is 10.0. The number of anilines is 3. The summed E-state index contributed by atoms with van der Waals surface area (Å²) in [6, 6.07) is 17.3. The van der Waals surface area contributed by atoms with Gasteiger partial charge in [-0.3, -0.25) is 4.79 Å². The largest absolute Gasteiger partial charge is 0.340 e. The molecule has 0 saturated heterocycles. The molecule has 7 heteroatoms. The van der Waals surface area contributed by atoms with Crippen LogP contribution in [0.2, 0.25) is 10.0 Å². The Balaban J connectivity index is 1.68. The maximum Gasteiger partial charge on any atom is 0.255 e. The molecule has 0 aliphatic heterocycles. The van der Waals surface area contributed by atoms with Crippen molar-refractivity contribution in [3.05, 3.63) is 82.0 Å². The summed E-state index contributed by atoms with van der Waals surface area (Å²) in [5.74, 6) is 0.278. The van der Waals surface area contributed by atoms with Gasteiger partial charge in [0.2, 0.25) is 0 Å². The molecule has 5 nitrogen and oxygen atoms in total. The smallest absolute Gasteiger partial charge is 0.255 e. The van der Waals surface area contributed by atoms with E-state index < -0.39 is 0 Å². The van der Waals surface area contributed by atoms with Crippen LogP contribution in [0.5, 0.6) is 0 Å². The lowest BCUT2D eigenvalue weighted by molar-refractivity contribution is 0.102. The van der Waals surface area contributed by atoms with Gasteiger partial charge in [-0.2, -0.15) is 5.26 Å². The lowest BCUT2D eigenvalue weighted by Gasteiger charge is -2.08. The Morgan fingerprint density at radius 2 is 1.85 bits per heavy atom. The predicted molar refractivity (Wildman–Crippen MR) is 103 cm³/mol. The van der Waals surface area contributed by atoms with Gasteiger partial charge in [0.15, 0.2) is 0 Å². The number of benzene rings is 2. The van der Waals surface area contributed by atoms with E-state index in [1.54, 1.807) is 42.5 Å². The number of carbonyl (C=O) groups is 1. The highest BCUT2D eigenvalue weighted by atomic mass is 35.5. The second-order valence-electron chi connectivity index (χ2n) is 5.33. The molecule has 2 aromatic carbocycles. The number of hydrogen-bond donors (Lipinski definition) is 2. The molecule has 2 N–H and O–H groups in total. The minimum absolute atomic E-state index is 0.312. The number of pyridine rings is 1. The zero-order chi connectivity index (χ0) is 18.5. The first-order valence-corrected chi connectivity index (χ1v) is 8.30. The molecule has 0 aliphatic rings. The van der Waals surface area contributed by atoms with Gasteiger partial charge in [0.05, 0.1) is 33.6 Å². The third-order valence-corrected chi connectivity index (χ3v) is 4.21. The fourth-order valence-corrected chi connectivity index (χ4v) is 2.49. The molecule has 0 saturated carbocycles. The maximum absolute atomic E-state index is 12.2. The Hall–Kier alpha value is -3.07. The highest BCUT2D eigenvalue weighted by Gasteiger charge is 2.09. The van der Waals surface area contributed by atoms with Crippen molar-refractivity contribution in [2.75, 3.05) is 10.6 Å². The Morgan fingerprint density at radius 1 is 1.00 bits per heavy atom. The van der Waals surface area contributed by atoms with Crippen LogP contribution in [0.3, 0.4) is 0 Å². The summed E-state index contributed by atoms with van der Waals surface area (Å²) in [7, 11) is 0. The van der Waals surface area contributed by atoms with Gasteiger partial charge in [-0.15, -0.1) is 0 Å². The minimum atomic E-state index is -0.312. The van der Waals surface area contributed by atoms with E-state index in [0.717, 1.165) is 5.69 Å². The molecule has 1 aromatic heterocycles. The molecule has 26 heavy (non-hydrogen) atoms. The highest BCUT2D eigenvalue weighted by Crippen LogP contribution is 2.23. The van der Waals surface area contributed by atoms with Gasteiger partial charge in [0.25, 0.3) is 5.91 Å². The second kappa shape index (κ2) is 7.87. The molecule has 3 rings (SSSR count). The van der Waals surface area contributed by atoms with Crippen LogP contribution in [0.25, 0.3) is 0 Å². The Labute approximate surface area is 160 Å². The third-order valence-electron chi connectivity index (χ3n) is 3.47. The Kier molecular flexibility index (Phi) is 5.37. The topological polar surface area (TPSA) is 77.8 Å². The number of amides is 1. The van der Waals surface area contributed by atoms with Gasteiger partial charge in [-0.1, -0.05) is 29.3 Å². The van der Waals surface area contributed by atoms with E-state index in [4.69, 9.17) is 28.5 Å². The molecule has 0 atom stereocenters. The van der Waals surface area contributed by atoms with Crippen molar-refractivity contribution in [2.24, 2.45) is 0 Å². The summed E-state index contributed by atoms with van der Waals surface area (Å²) in [4.78, 5) is 16.5. The van der Waals surface area contributed by atoms with Crippen molar-refractivity contribution < 1.29 is 4.79 Å². The number of carbonyl (C=O) groups excluding carboxylic acids is 1. The fourth-order valence-electron chi connectivity index (χ4n) is 2.20. The molecule has 1 heterocycles. The first-order chi connectivity index (χ1) is 12.5. The first kappa shape index (κ1) is 17.7. The van der Waals surface area contributed by atoms with E-state index in [-0.39, 0.29) is 5.91 Å². The molecule has 1 amide bonds. The Bertz CT molecular complexity index is 997. The van der Waals surface area contributed by atoms with Crippen LogP contribution in [0.4, 0.5) is 17.2 Å². The molecule has 0 unspecified atom stereocenters. The quantitative estimate of drug-likeness (QED) is 0.645. The first-order valence-electron chi connectivity index (χ1n) is 7.55. The SMILES string of the molecule is N#Cc1cccc(Nc2ccc(NC(=O)c3ccc(Cl)c(Cl)c3)cn2)c1. The van der Waals surface area contributed by atoms with E-state index in [0.29, 0.717) is 32.7 Å². The predicted octanol–water partition coefficient (Wildman–Crippen LogP) is 5.26. The van der Waals surface area contributed by atoms with Crippen LogP contribution in [-0.4, -0.2) is 10.9 Å². The summed E-state index contributed by atoms with van der Waals surface area (Å²) in [6.07, 6.45) is 1.53. The van der Waals surface area contributed by atoms with Crippen molar-refractivity contribution in [1.29, 1.82) is 5.26 Å². The van der Waals surface area contributed by atoms with Gasteiger partial charge >= 0.3 is 0 Å². The van der Waals surface area contributed by atoms with Gasteiger partial charge < -0.3 is 10.6 Å². The standard InChI is InChI=1S/C19H12Cl2N4O/c20-16-6-4-13(9-17(16)21)19(26)25-15-5-7-18(23-11-15)24-14-3-1-2-12(8-14)10-22/h1-9,11H,(H,23,24)(H,25,26). The fraction of sp³-hybridized carbons (Fsp3) is 0. The van der Waals surface area contributed by atoms with Gasteiger partial charge in [-0.05, 0) is 48.5 Å². The average molecular weight is 383 g/mol. The van der Waals surface area contributed by atoms with Crippen molar-refractivity contribution >= 4 is 46.3 Å². The van der Waals surface area contributed by atoms with Crippen LogP contribution in [0, 0.1) is 11.3 Å². The summed E-state index contributed by atoms with van der Waals surface area (Å²) in [5, 5.41) is 15.5. The maximum atomic E-state index is 12.2. The molecule has 128 valence electrons. The van der Waals surface area contributed by atoms with Crippen LogP contribution < -0.4 is 10.6 Å². The molecule has 0 bridgehead atoms. The molecule has 0 radical (unpaired) electrons. The summed E-state index contributed by atoms with van der Waals surface area (Å²) < 4.78 is 0. The van der Waals surface area contributed by atoms with Crippen molar-refractivity contribution in [1.82, 2.24) is 4.98 Å². The van der Waals surface area contributed by atoms with E-state index in [1.807, 2.05) is 6.07 Å². The van der Waals surface area contributed by atoms with Crippen LogP contribution in [0.15, 0.2) is 60.8 Å². The highest BCUT2D eigenvalue weighted by molar-refractivity contribution is 6.42. The van der Waals surface area contributed by atoms with Crippen LogP contribution in [0.1, 0.15) is 15.9 Å². The number of nitriles is 1. The van der Waals surface area contributed by atoms with E-state index in [1.165, 1.54) is 12.3 Å². The monoisotopic (exact) mass is 382 g/mol. The van der Waals surface area contributed by atoms with Gasteiger partial charge in [0, 0.05) is 11.3 Å². The summed E-state index contributed by atoms with van der Waals surface area (Å²) in [6.45, 7) is 0. The van der Waals surface area contributed by atoms with Crippen molar-refractivity contribution in [2.45, 2.75) is 0 Å². The number of hydrogen-bond acceptors (Lipinski definition) is 4. The molecular weight excluding hydrogens is 371 g/mol. The van der Waals surface area contributed by atoms with Crippen LogP contribution in [-0.2, 0) is 0 Å².